The van der Waals surface area contributed by atoms with Crippen LogP contribution >= 0.6 is 15.9 Å². The number of benzene rings is 1. The Labute approximate surface area is 162 Å². The lowest BCUT2D eigenvalue weighted by Gasteiger charge is -2.15. The van der Waals surface area contributed by atoms with Crippen LogP contribution in [0.2, 0.25) is 0 Å². The maximum Gasteiger partial charge on any atom is 0.387 e. The lowest BCUT2D eigenvalue weighted by molar-refractivity contribution is -0.0505. The molecule has 27 heavy (non-hydrogen) atoms. The van der Waals surface area contributed by atoms with Gasteiger partial charge in [-0.25, -0.2) is 0 Å². The lowest BCUT2D eigenvalue weighted by atomic mass is 10.1. The largest absolute Gasteiger partial charge is 0.454 e. The van der Waals surface area contributed by atoms with Crippen molar-refractivity contribution < 1.29 is 27.4 Å². The summed E-state index contributed by atoms with van der Waals surface area (Å²) in [7, 11) is 1.62. The van der Waals surface area contributed by atoms with Crippen molar-refractivity contribution in [2.45, 2.75) is 19.6 Å². The Bertz CT molecular complexity index is 813. The molecule has 1 aromatic carbocycles. The van der Waals surface area contributed by atoms with E-state index in [-0.39, 0.29) is 19.1 Å². The maximum absolute atomic E-state index is 12.7. The van der Waals surface area contributed by atoms with Gasteiger partial charge in [-0.2, -0.15) is 8.78 Å². The molecule has 2 aromatic rings. The van der Waals surface area contributed by atoms with Crippen LogP contribution < -0.4 is 24.8 Å². The first kappa shape index (κ1) is 19.3. The second-order valence-corrected chi connectivity index (χ2v) is 6.28. The van der Waals surface area contributed by atoms with Gasteiger partial charge >= 0.3 is 6.61 Å². The molecule has 0 aliphatic carbocycles. The number of hydrogen-bond acceptors (Lipinski definition) is 5. The molecule has 0 unspecified atom stereocenters. The lowest BCUT2D eigenvalue weighted by Crippen LogP contribution is -2.37. The summed E-state index contributed by atoms with van der Waals surface area (Å²) in [5.41, 5.74) is 0.498. The summed E-state index contributed by atoms with van der Waals surface area (Å²) in [4.78, 5) is 4.11. The second kappa shape index (κ2) is 8.94. The van der Waals surface area contributed by atoms with Gasteiger partial charge < -0.3 is 29.3 Å². The number of ether oxygens (including phenoxy) is 3. The van der Waals surface area contributed by atoms with E-state index in [1.165, 1.54) is 6.07 Å². The smallest absolute Gasteiger partial charge is 0.387 e. The summed E-state index contributed by atoms with van der Waals surface area (Å²) < 4.78 is 46.6. The zero-order valence-corrected chi connectivity index (χ0v) is 16.0. The first-order valence-corrected chi connectivity index (χ1v) is 8.90. The molecule has 7 nitrogen and oxygen atoms in total. The molecule has 3 rings (SSSR count). The Morgan fingerprint density at radius 1 is 1.26 bits per heavy atom. The fourth-order valence-electron chi connectivity index (χ4n) is 2.50. The topological polar surface area (TPSA) is 77.3 Å². The minimum absolute atomic E-state index is 0.0256. The molecule has 1 aliphatic heterocycles. The standard InChI is InChI=1S/C17H18BrF2N3O4/c1-21-17(22-5-4-11-2-3-15(18)26-11)23-8-10-6-13-14(25-9-24-13)7-12(10)27-16(19)20/h2-3,6-7,16H,4-5,8-9H2,1H3,(H2,21,22,23). The number of halogens is 3. The van der Waals surface area contributed by atoms with Gasteiger partial charge in [-0.15, -0.1) is 0 Å². The van der Waals surface area contributed by atoms with Gasteiger partial charge in [0, 0.05) is 38.2 Å². The minimum atomic E-state index is -2.94. The van der Waals surface area contributed by atoms with E-state index in [4.69, 9.17) is 13.9 Å². The van der Waals surface area contributed by atoms with E-state index in [0.29, 0.717) is 40.7 Å². The van der Waals surface area contributed by atoms with E-state index in [9.17, 15) is 8.78 Å². The van der Waals surface area contributed by atoms with E-state index < -0.39 is 6.61 Å². The van der Waals surface area contributed by atoms with E-state index in [1.54, 1.807) is 13.1 Å². The van der Waals surface area contributed by atoms with Crippen LogP contribution in [-0.2, 0) is 13.0 Å². The average molecular weight is 446 g/mol. The Morgan fingerprint density at radius 2 is 2.04 bits per heavy atom. The molecular weight excluding hydrogens is 428 g/mol. The Kier molecular flexibility index (Phi) is 6.38. The number of nitrogens with one attached hydrogen (secondary N) is 2. The summed E-state index contributed by atoms with van der Waals surface area (Å²) in [5, 5.41) is 6.19. The van der Waals surface area contributed by atoms with Crippen molar-refractivity contribution in [1.29, 1.82) is 0 Å². The van der Waals surface area contributed by atoms with Crippen molar-refractivity contribution in [3.05, 3.63) is 40.3 Å². The highest BCUT2D eigenvalue weighted by Crippen LogP contribution is 2.38. The van der Waals surface area contributed by atoms with Crippen molar-refractivity contribution >= 4 is 21.9 Å². The summed E-state index contributed by atoms with van der Waals surface area (Å²) in [6.45, 7) is -2.09. The van der Waals surface area contributed by atoms with Crippen LogP contribution in [0.5, 0.6) is 17.2 Å². The van der Waals surface area contributed by atoms with Gasteiger partial charge in [-0.05, 0) is 34.1 Å². The predicted molar refractivity (Wildman–Crippen MR) is 97.5 cm³/mol. The van der Waals surface area contributed by atoms with E-state index in [2.05, 4.69) is 36.3 Å². The van der Waals surface area contributed by atoms with Gasteiger partial charge in [0.2, 0.25) is 6.79 Å². The SMILES string of the molecule is CN=C(NCCc1ccc(Br)o1)NCc1cc2c(cc1OC(F)F)OCO2. The molecule has 2 N–H and O–H groups in total. The quantitative estimate of drug-likeness (QED) is 0.502. The molecule has 2 heterocycles. The van der Waals surface area contributed by atoms with E-state index >= 15 is 0 Å². The zero-order valence-electron chi connectivity index (χ0n) is 14.4. The summed E-state index contributed by atoms with van der Waals surface area (Å²) in [6, 6.07) is 6.71. The van der Waals surface area contributed by atoms with E-state index in [0.717, 1.165) is 5.76 Å². The van der Waals surface area contributed by atoms with Gasteiger partial charge in [0.1, 0.15) is 11.5 Å². The molecule has 0 radical (unpaired) electrons. The summed E-state index contributed by atoms with van der Waals surface area (Å²) >= 11 is 3.25. The Hall–Kier alpha value is -2.49. The molecule has 10 heteroatoms. The monoisotopic (exact) mass is 445 g/mol. The van der Waals surface area contributed by atoms with Gasteiger partial charge in [0.05, 0.1) is 0 Å². The number of furan rings is 1. The number of aliphatic imine (C=N–C) groups is 1. The van der Waals surface area contributed by atoms with Crippen molar-refractivity contribution in [2.24, 2.45) is 4.99 Å². The molecule has 0 spiro atoms. The molecule has 0 fully saturated rings. The predicted octanol–water partition coefficient (Wildman–Crippen LogP) is 3.28. The molecule has 0 atom stereocenters. The number of fused-ring (bicyclic) bond motifs is 1. The molecule has 0 amide bonds. The Morgan fingerprint density at radius 3 is 2.70 bits per heavy atom. The van der Waals surface area contributed by atoms with Gasteiger partial charge in [0.25, 0.3) is 0 Å². The third-order valence-corrected chi connectivity index (χ3v) is 4.16. The van der Waals surface area contributed by atoms with Gasteiger partial charge in [-0.3, -0.25) is 4.99 Å². The zero-order chi connectivity index (χ0) is 19.2. The Balaban J connectivity index is 1.58. The summed E-state index contributed by atoms with van der Waals surface area (Å²) in [5.74, 6) is 2.23. The minimum Gasteiger partial charge on any atom is -0.454 e. The number of rotatable bonds is 7. The van der Waals surface area contributed by atoms with Crippen LogP contribution in [0.15, 0.2) is 38.3 Å². The molecule has 1 aromatic heterocycles. The molecule has 0 bridgehead atoms. The fraction of sp³-hybridized carbons (Fsp3) is 0.353. The summed E-state index contributed by atoms with van der Waals surface area (Å²) in [6.07, 6.45) is 0.663. The molecule has 0 saturated heterocycles. The first-order valence-electron chi connectivity index (χ1n) is 8.11. The van der Waals surface area contributed by atoms with Crippen LogP contribution in [0.1, 0.15) is 11.3 Å². The van der Waals surface area contributed by atoms with Crippen molar-refractivity contribution in [3.63, 3.8) is 0 Å². The highest BCUT2D eigenvalue weighted by molar-refractivity contribution is 9.10. The van der Waals surface area contributed by atoms with Gasteiger partial charge in [-0.1, -0.05) is 0 Å². The fourth-order valence-corrected chi connectivity index (χ4v) is 2.84. The van der Waals surface area contributed by atoms with E-state index in [1.807, 2.05) is 12.1 Å². The molecule has 146 valence electrons. The average Bonchev–Trinajstić information content (AvgIpc) is 3.25. The number of nitrogens with zero attached hydrogens (tertiary/aromatic N) is 1. The second-order valence-electron chi connectivity index (χ2n) is 5.50. The van der Waals surface area contributed by atoms with Crippen LogP contribution in [-0.4, -0.2) is 33.0 Å². The van der Waals surface area contributed by atoms with Crippen molar-refractivity contribution in [1.82, 2.24) is 10.6 Å². The van der Waals surface area contributed by atoms with Crippen LogP contribution in [0, 0.1) is 0 Å². The first-order chi connectivity index (χ1) is 13.0. The number of alkyl halides is 2. The van der Waals surface area contributed by atoms with Gasteiger partial charge in [0.15, 0.2) is 22.1 Å². The normalized spacial score (nSPS) is 13.1. The van der Waals surface area contributed by atoms with Crippen LogP contribution in [0.4, 0.5) is 8.78 Å². The third-order valence-electron chi connectivity index (χ3n) is 3.73. The molecule has 1 aliphatic rings. The maximum atomic E-state index is 12.7. The molecule has 0 saturated carbocycles. The third kappa shape index (κ3) is 5.25. The highest BCUT2D eigenvalue weighted by Gasteiger charge is 2.20. The van der Waals surface area contributed by atoms with Crippen LogP contribution in [0.3, 0.4) is 0 Å². The van der Waals surface area contributed by atoms with Crippen LogP contribution in [0.25, 0.3) is 0 Å². The highest BCUT2D eigenvalue weighted by atomic mass is 79.9. The van der Waals surface area contributed by atoms with Crippen molar-refractivity contribution in [3.8, 4) is 17.2 Å². The molecular formula is C17H18BrF2N3O4. The number of guanidine groups is 1. The van der Waals surface area contributed by atoms with Crippen molar-refractivity contribution in [2.75, 3.05) is 20.4 Å². The number of hydrogen-bond donors (Lipinski definition) is 2.